The van der Waals surface area contributed by atoms with Crippen molar-refractivity contribution < 1.29 is 24.0 Å². The number of nitrogens with zero attached hydrogens (tertiary/aromatic N) is 4. The number of ether oxygens (including phenoxy) is 1. The number of oxime groups is 2. The first-order valence-corrected chi connectivity index (χ1v) is 8.13. The smallest absolute Gasteiger partial charge is 0.370 e. The Bertz CT molecular complexity index is 774. The zero-order valence-electron chi connectivity index (χ0n) is 13.0. The van der Waals surface area contributed by atoms with Crippen molar-refractivity contribution in [1.29, 1.82) is 0 Å². The second-order valence-corrected chi connectivity index (χ2v) is 5.84. The molecule has 0 bridgehead atoms. The lowest BCUT2D eigenvalue weighted by Crippen LogP contribution is -2.28. The number of rotatable bonds is 6. The SMILES string of the molecule is CO/N=C(\C(=O)OC(=O)/C(=N\OC)c1csc(N)n1)c1csc(N)n1. The molecule has 2 heterocycles. The highest BCUT2D eigenvalue weighted by Crippen LogP contribution is 2.15. The third-order valence-electron chi connectivity index (χ3n) is 2.47. The fraction of sp³-hybridized carbons (Fsp3) is 0.167. The summed E-state index contributed by atoms with van der Waals surface area (Å²) in [6.07, 6.45) is 0. The van der Waals surface area contributed by atoms with Crippen molar-refractivity contribution in [3.63, 3.8) is 0 Å². The van der Waals surface area contributed by atoms with Crippen LogP contribution in [0.4, 0.5) is 10.3 Å². The Morgan fingerprint density at radius 1 is 0.920 bits per heavy atom. The van der Waals surface area contributed by atoms with Gasteiger partial charge in [0.1, 0.15) is 25.6 Å². The molecular formula is C12H12N6O5S2. The van der Waals surface area contributed by atoms with Crippen molar-refractivity contribution in [2.45, 2.75) is 0 Å². The molecule has 0 atom stereocenters. The standard InChI is InChI=1S/C12H12N6O5S2/c1-21-17-7(5-3-24-11(13)15-5)9(19)23-10(20)8(18-22-2)6-4-25-12(14)16-6/h3-4H,1-2H3,(H2,13,15)(H2,14,16)/b17-7-,18-8-. The van der Waals surface area contributed by atoms with E-state index >= 15 is 0 Å². The average Bonchev–Trinajstić information content (AvgIpc) is 3.18. The molecule has 11 nitrogen and oxygen atoms in total. The summed E-state index contributed by atoms with van der Waals surface area (Å²) >= 11 is 2.16. The predicted octanol–water partition coefficient (Wildman–Crippen LogP) is 0.235. The van der Waals surface area contributed by atoms with Gasteiger partial charge in [0.25, 0.3) is 0 Å². The quantitative estimate of drug-likeness (QED) is 0.307. The van der Waals surface area contributed by atoms with E-state index in [1.807, 2.05) is 0 Å². The van der Waals surface area contributed by atoms with Crippen molar-refractivity contribution in [3.8, 4) is 0 Å². The number of thiazole rings is 2. The molecule has 13 heteroatoms. The highest BCUT2D eigenvalue weighted by molar-refractivity contribution is 7.14. The molecule has 0 aliphatic heterocycles. The minimum absolute atomic E-state index is 0.102. The van der Waals surface area contributed by atoms with Gasteiger partial charge in [0.05, 0.1) is 0 Å². The molecule has 0 saturated carbocycles. The lowest BCUT2D eigenvalue weighted by molar-refractivity contribution is -0.149. The average molecular weight is 384 g/mol. The highest BCUT2D eigenvalue weighted by Gasteiger charge is 2.27. The third kappa shape index (κ3) is 4.48. The molecule has 0 spiro atoms. The summed E-state index contributed by atoms with van der Waals surface area (Å²) in [5.41, 5.74) is 10.6. The first-order chi connectivity index (χ1) is 12.0. The minimum atomic E-state index is -1.11. The van der Waals surface area contributed by atoms with Gasteiger partial charge in [-0.05, 0) is 0 Å². The number of esters is 2. The number of carbonyl (C=O) groups excluding carboxylic acids is 2. The lowest BCUT2D eigenvalue weighted by Gasteiger charge is -2.04. The van der Waals surface area contributed by atoms with E-state index in [-0.39, 0.29) is 33.1 Å². The Morgan fingerprint density at radius 2 is 1.32 bits per heavy atom. The van der Waals surface area contributed by atoms with Crippen molar-refractivity contribution in [2.24, 2.45) is 10.3 Å². The fourth-order valence-corrected chi connectivity index (χ4v) is 2.63. The molecule has 4 N–H and O–H groups in total. The van der Waals surface area contributed by atoms with Crippen LogP contribution in [0, 0.1) is 0 Å². The van der Waals surface area contributed by atoms with E-state index in [1.165, 1.54) is 25.0 Å². The molecule has 25 heavy (non-hydrogen) atoms. The highest BCUT2D eigenvalue weighted by atomic mass is 32.1. The van der Waals surface area contributed by atoms with Gasteiger partial charge in [-0.1, -0.05) is 10.3 Å². The summed E-state index contributed by atoms with van der Waals surface area (Å²) in [4.78, 5) is 41.4. The van der Waals surface area contributed by atoms with E-state index in [1.54, 1.807) is 0 Å². The van der Waals surface area contributed by atoms with Gasteiger partial charge in [0.15, 0.2) is 10.3 Å². The van der Waals surface area contributed by atoms with Crippen LogP contribution in [-0.2, 0) is 24.0 Å². The molecule has 0 saturated heterocycles. The Balaban J connectivity index is 2.23. The van der Waals surface area contributed by atoms with Crippen LogP contribution in [0.2, 0.25) is 0 Å². The first kappa shape index (κ1) is 18.3. The van der Waals surface area contributed by atoms with Crippen LogP contribution >= 0.6 is 22.7 Å². The molecule has 0 unspecified atom stereocenters. The molecule has 2 rings (SSSR count). The van der Waals surface area contributed by atoms with E-state index < -0.39 is 11.9 Å². The van der Waals surface area contributed by atoms with Gasteiger partial charge in [0.2, 0.25) is 11.4 Å². The van der Waals surface area contributed by atoms with Crippen LogP contribution < -0.4 is 11.5 Å². The summed E-state index contributed by atoms with van der Waals surface area (Å²) in [5, 5.41) is 10.4. The molecule has 2 aromatic rings. The van der Waals surface area contributed by atoms with E-state index in [4.69, 9.17) is 16.2 Å². The van der Waals surface area contributed by atoms with Crippen LogP contribution in [0.15, 0.2) is 21.1 Å². The number of hydrogen-bond acceptors (Lipinski definition) is 13. The molecular weight excluding hydrogens is 372 g/mol. The van der Waals surface area contributed by atoms with Gasteiger partial charge in [-0.3, -0.25) is 0 Å². The largest absolute Gasteiger partial charge is 0.398 e. The maximum absolute atomic E-state index is 12.2. The van der Waals surface area contributed by atoms with Gasteiger partial charge in [0, 0.05) is 10.8 Å². The van der Waals surface area contributed by atoms with Gasteiger partial charge < -0.3 is 25.9 Å². The Labute approximate surface area is 148 Å². The van der Waals surface area contributed by atoms with Crippen LogP contribution in [0.5, 0.6) is 0 Å². The van der Waals surface area contributed by atoms with Crippen molar-refractivity contribution >= 4 is 56.3 Å². The number of anilines is 2. The Morgan fingerprint density at radius 3 is 1.60 bits per heavy atom. The summed E-state index contributed by atoms with van der Waals surface area (Å²) in [6, 6.07) is 0. The van der Waals surface area contributed by atoms with Crippen LogP contribution in [0.25, 0.3) is 0 Å². The topological polar surface area (TPSA) is 164 Å². The van der Waals surface area contributed by atoms with Gasteiger partial charge in [-0.2, -0.15) is 0 Å². The van der Waals surface area contributed by atoms with E-state index in [2.05, 4.69) is 30.0 Å². The van der Waals surface area contributed by atoms with Crippen molar-refractivity contribution in [3.05, 3.63) is 22.1 Å². The molecule has 0 aliphatic carbocycles. The molecule has 0 amide bonds. The first-order valence-electron chi connectivity index (χ1n) is 6.37. The van der Waals surface area contributed by atoms with Crippen LogP contribution in [-0.4, -0.2) is 47.5 Å². The van der Waals surface area contributed by atoms with Gasteiger partial charge in [-0.25, -0.2) is 19.6 Å². The second kappa shape index (κ2) is 8.16. The Kier molecular flexibility index (Phi) is 5.97. The zero-order valence-corrected chi connectivity index (χ0v) is 14.6. The second-order valence-electron chi connectivity index (χ2n) is 4.06. The summed E-state index contributed by atoms with van der Waals surface area (Å²) in [7, 11) is 2.45. The number of nitrogen functional groups attached to an aromatic ring is 2. The summed E-state index contributed by atoms with van der Waals surface area (Å²) in [6.45, 7) is 0. The fourth-order valence-electron chi connectivity index (χ4n) is 1.53. The predicted molar refractivity (Wildman–Crippen MR) is 91.2 cm³/mol. The van der Waals surface area contributed by atoms with Crippen LogP contribution in [0.1, 0.15) is 11.4 Å². The number of aromatic nitrogens is 2. The van der Waals surface area contributed by atoms with E-state index in [9.17, 15) is 9.59 Å². The van der Waals surface area contributed by atoms with Gasteiger partial charge in [-0.15, -0.1) is 22.7 Å². The monoisotopic (exact) mass is 384 g/mol. The van der Waals surface area contributed by atoms with E-state index in [0.29, 0.717) is 0 Å². The Hall–Kier alpha value is -3.06. The zero-order chi connectivity index (χ0) is 18.4. The summed E-state index contributed by atoms with van der Waals surface area (Å²) < 4.78 is 4.76. The molecule has 2 aromatic heterocycles. The van der Waals surface area contributed by atoms with Crippen LogP contribution in [0.3, 0.4) is 0 Å². The molecule has 0 aromatic carbocycles. The third-order valence-corrected chi connectivity index (χ3v) is 3.81. The van der Waals surface area contributed by atoms with Crippen molar-refractivity contribution in [2.75, 3.05) is 25.7 Å². The number of nitrogens with two attached hydrogens (primary N) is 2. The molecule has 0 aliphatic rings. The lowest BCUT2D eigenvalue weighted by atomic mass is 10.3. The van der Waals surface area contributed by atoms with Gasteiger partial charge >= 0.3 is 11.9 Å². The maximum Gasteiger partial charge on any atom is 0.370 e. The van der Waals surface area contributed by atoms with E-state index in [0.717, 1.165) is 22.7 Å². The molecule has 132 valence electrons. The molecule has 0 radical (unpaired) electrons. The summed E-state index contributed by atoms with van der Waals surface area (Å²) in [5.74, 6) is -2.21. The maximum atomic E-state index is 12.2. The normalized spacial score (nSPS) is 11.9. The molecule has 0 fully saturated rings. The number of hydrogen-bond donors (Lipinski definition) is 2. The minimum Gasteiger partial charge on any atom is -0.398 e. The van der Waals surface area contributed by atoms with Crippen molar-refractivity contribution in [1.82, 2.24) is 9.97 Å². The number of carbonyl (C=O) groups is 2.